The van der Waals surface area contributed by atoms with Crippen LogP contribution in [0.15, 0.2) is 10.1 Å². The minimum Gasteiger partial charge on any atom is -0.353 e. The Morgan fingerprint density at radius 2 is 2.05 bits per heavy atom. The van der Waals surface area contributed by atoms with E-state index in [-0.39, 0.29) is 5.91 Å². The molecule has 4 nitrogen and oxygen atoms in total. The maximum absolute atomic E-state index is 12.0. The van der Waals surface area contributed by atoms with Gasteiger partial charge in [-0.1, -0.05) is 25.6 Å². The first kappa shape index (κ1) is 14.8. The van der Waals surface area contributed by atoms with E-state index in [0.717, 1.165) is 28.7 Å². The number of hydrogen-bond acceptors (Lipinski definition) is 5. The van der Waals surface area contributed by atoms with Gasteiger partial charge in [0.15, 0.2) is 0 Å². The molecule has 1 aromatic rings. The van der Waals surface area contributed by atoms with Crippen molar-refractivity contribution in [3.8, 4) is 0 Å². The zero-order valence-corrected chi connectivity index (χ0v) is 14.6. The van der Waals surface area contributed by atoms with E-state index in [1.54, 1.807) is 11.8 Å². The van der Waals surface area contributed by atoms with E-state index in [9.17, 15) is 4.79 Å². The minimum absolute atomic E-state index is 0.138. The average Bonchev–Trinajstić information content (AvgIpc) is 3.37. The van der Waals surface area contributed by atoms with Gasteiger partial charge in [0.05, 0.1) is 5.75 Å². The quantitative estimate of drug-likeness (QED) is 0.661. The van der Waals surface area contributed by atoms with Crippen LogP contribution in [0.3, 0.4) is 0 Å². The fourth-order valence-corrected chi connectivity index (χ4v) is 4.96. The molecular formula is C16H21N3OS2. The topological polar surface area (TPSA) is 54.9 Å². The van der Waals surface area contributed by atoms with Gasteiger partial charge in [0.2, 0.25) is 5.91 Å². The van der Waals surface area contributed by atoms with Crippen molar-refractivity contribution >= 4 is 29.4 Å². The van der Waals surface area contributed by atoms with Crippen molar-refractivity contribution in [2.24, 2.45) is 0 Å². The molecule has 1 aromatic heterocycles. The van der Waals surface area contributed by atoms with E-state index in [4.69, 9.17) is 9.97 Å². The van der Waals surface area contributed by atoms with Crippen LogP contribution in [0, 0.1) is 0 Å². The van der Waals surface area contributed by atoms with Gasteiger partial charge in [0.25, 0.3) is 0 Å². The molecule has 0 spiro atoms. The molecule has 0 aromatic carbocycles. The summed E-state index contributed by atoms with van der Waals surface area (Å²) in [6.07, 6.45) is 4.69. The molecule has 2 saturated carbocycles. The van der Waals surface area contributed by atoms with Crippen molar-refractivity contribution in [2.75, 3.05) is 5.75 Å². The highest BCUT2D eigenvalue weighted by atomic mass is 32.2. The summed E-state index contributed by atoms with van der Waals surface area (Å²) in [4.78, 5) is 21.6. The van der Waals surface area contributed by atoms with Crippen LogP contribution in [-0.2, 0) is 4.79 Å². The highest BCUT2D eigenvalue weighted by Gasteiger charge is 2.35. The van der Waals surface area contributed by atoms with Crippen LogP contribution in [0.5, 0.6) is 0 Å². The largest absolute Gasteiger partial charge is 0.353 e. The fraction of sp³-hybridized carbons (Fsp3) is 0.688. The number of fused-ring (bicyclic) bond motifs is 1. The van der Waals surface area contributed by atoms with E-state index in [0.29, 0.717) is 28.9 Å². The predicted molar refractivity (Wildman–Crippen MR) is 89.6 cm³/mol. The van der Waals surface area contributed by atoms with Gasteiger partial charge in [-0.3, -0.25) is 4.79 Å². The molecule has 6 heteroatoms. The number of rotatable bonds is 5. The zero-order chi connectivity index (χ0) is 15.3. The monoisotopic (exact) mass is 335 g/mol. The zero-order valence-electron chi connectivity index (χ0n) is 13.0. The summed E-state index contributed by atoms with van der Waals surface area (Å²) in [5, 5.41) is 5.79. The molecule has 1 amide bonds. The maximum Gasteiger partial charge on any atom is 0.230 e. The van der Waals surface area contributed by atoms with Crippen LogP contribution >= 0.6 is 23.5 Å². The third-order valence-electron chi connectivity index (χ3n) is 4.57. The highest BCUT2D eigenvalue weighted by Crippen LogP contribution is 2.49. The van der Waals surface area contributed by atoms with Crippen molar-refractivity contribution in [3.05, 3.63) is 11.4 Å². The van der Waals surface area contributed by atoms with Crippen molar-refractivity contribution < 1.29 is 4.79 Å². The summed E-state index contributed by atoms with van der Waals surface area (Å²) >= 11 is 3.45. The number of amides is 1. The first-order chi connectivity index (χ1) is 10.6. The molecule has 1 N–H and O–H groups in total. The number of carbonyl (C=O) groups excluding carboxylic acids is 1. The average molecular weight is 335 g/mol. The molecule has 0 saturated heterocycles. The van der Waals surface area contributed by atoms with Crippen LogP contribution in [0.25, 0.3) is 0 Å². The fourth-order valence-electron chi connectivity index (χ4n) is 2.70. The lowest BCUT2D eigenvalue weighted by Crippen LogP contribution is -2.27. The third kappa shape index (κ3) is 3.00. The lowest BCUT2D eigenvalue weighted by atomic mass is 10.0. The Morgan fingerprint density at radius 1 is 1.27 bits per heavy atom. The summed E-state index contributed by atoms with van der Waals surface area (Å²) < 4.78 is 0. The molecule has 2 fully saturated rings. The van der Waals surface area contributed by atoms with Crippen LogP contribution in [0.2, 0.25) is 0 Å². The summed E-state index contributed by atoms with van der Waals surface area (Å²) in [5.74, 6) is 2.62. The van der Waals surface area contributed by atoms with Gasteiger partial charge in [-0.2, -0.15) is 0 Å². The molecule has 2 atom stereocenters. The second-order valence-electron chi connectivity index (χ2n) is 6.62. The van der Waals surface area contributed by atoms with E-state index in [2.05, 4.69) is 19.2 Å². The van der Waals surface area contributed by atoms with E-state index in [1.807, 2.05) is 11.8 Å². The summed E-state index contributed by atoms with van der Waals surface area (Å²) in [6.45, 7) is 4.50. The Balaban J connectivity index is 1.55. The van der Waals surface area contributed by atoms with Crippen molar-refractivity contribution in [2.45, 2.75) is 72.7 Å². The first-order valence-electron chi connectivity index (χ1n) is 8.12. The van der Waals surface area contributed by atoms with Crippen LogP contribution in [0.1, 0.15) is 62.8 Å². The first-order valence-corrected chi connectivity index (χ1v) is 9.99. The summed E-state index contributed by atoms with van der Waals surface area (Å²) in [6, 6.07) is 0.431. The second-order valence-corrected chi connectivity index (χ2v) is 8.95. The molecule has 0 unspecified atom stereocenters. The Labute approximate surface area is 139 Å². The van der Waals surface area contributed by atoms with E-state index >= 15 is 0 Å². The Morgan fingerprint density at radius 3 is 2.73 bits per heavy atom. The Hall–Kier alpha value is -0.750. The number of thioether (sulfide) groups is 2. The van der Waals surface area contributed by atoms with Gasteiger partial charge in [0.1, 0.15) is 15.9 Å². The van der Waals surface area contributed by atoms with Crippen LogP contribution in [-0.4, -0.2) is 32.9 Å². The molecule has 4 rings (SSSR count). The summed E-state index contributed by atoms with van der Waals surface area (Å²) in [5.41, 5.74) is 1.27. The van der Waals surface area contributed by atoms with E-state index < -0.39 is 0 Å². The van der Waals surface area contributed by atoms with E-state index in [1.165, 1.54) is 18.4 Å². The lowest BCUT2D eigenvalue weighted by Gasteiger charge is -2.13. The molecule has 2 heterocycles. The Bertz CT molecular complexity index is 614. The van der Waals surface area contributed by atoms with Gasteiger partial charge >= 0.3 is 0 Å². The Kier molecular flexibility index (Phi) is 3.85. The number of carbonyl (C=O) groups is 1. The number of aromatic nitrogens is 2. The summed E-state index contributed by atoms with van der Waals surface area (Å²) in [7, 11) is 0. The van der Waals surface area contributed by atoms with Crippen LogP contribution < -0.4 is 5.32 Å². The molecule has 2 aliphatic carbocycles. The van der Waals surface area contributed by atoms with Gasteiger partial charge in [-0.15, -0.1) is 11.8 Å². The lowest BCUT2D eigenvalue weighted by molar-refractivity contribution is -0.118. The molecule has 3 aliphatic rings. The molecule has 118 valence electrons. The molecule has 0 bridgehead atoms. The smallest absolute Gasteiger partial charge is 0.230 e. The SMILES string of the molecule is C[C@@H]1Sc2nc(C3CC3)nc(SCC(=O)NC3CC3)c2[C@H]1C. The standard InChI is InChI=1S/C16H21N3OS2/c1-8-9(2)22-16-13(8)15(18-14(19-16)10-3-4-10)21-7-12(20)17-11-5-6-11/h8-11H,3-7H2,1-2H3,(H,17,20)/t8-,9-/m0/s1. The number of hydrogen-bond donors (Lipinski definition) is 1. The highest BCUT2D eigenvalue weighted by molar-refractivity contribution is 8.01. The van der Waals surface area contributed by atoms with Crippen molar-refractivity contribution in [3.63, 3.8) is 0 Å². The van der Waals surface area contributed by atoms with Crippen LogP contribution in [0.4, 0.5) is 0 Å². The van der Waals surface area contributed by atoms with Crippen molar-refractivity contribution in [1.82, 2.24) is 15.3 Å². The second kappa shape index (κ2) is 5.71. The molecule has 0 radical (unpaired) electrons. The molecule has 22 heavy (non-hydrogen) atoms. The van der Waals surface area contributed by atoms with Gasteiger partial charge in [0, 0.05) is 22.8 Å². The predicted octanol–water partition coefficient (Wildman–Crippen LogP) is 3.32. The number of nitrogens with zero attached hydrogens (tertiary/aromatic N) is 2. The molecular weight excluding hydrogens is 314 g/mol. The van der Waals surface area contributed by atoms with Gasteiger partial charge < -0.3 is 5.32 Å². The minimum atomic E-state index is 0.138. The third-order valence-corrected chi connectivity index (χ3v) is 6.88. The maximum atomic E-state index is 12.0. The van der Waals surface area contributed by atoms with Gasteiger partial charge in [-0.25, -0.2) is 9.97 Å². The normalized spacial score (nSPS) is 26.8. The van der Waals surface area contributed by atoms with Gasteiger partial charge in [-0.05, 0) is 31.6 Å². The van der Waals surface area contributed by atoms with Crippen molar-refractivity contribution in [1.29, 1.82) is 0 Å². The number of nitrogens with one attached hydrogen (secondary N) is 1. The molecule has 1 aliphatic heterocycles.